The van der Waals surface area contributed by atoms with Gasteiger partial charge in [0.2, 0.25) is 0 Å². The zero-order valence-corrected chi connectivity index (χ0v) is 12.1. The van der Waals surface area contributed by atoms with Crippen LogP contribution in [0.3, 0.4) is 0 Å². The number of carbonyl (C=O) groups excluding carboxylic acids is 1. The Bertz CT molecular complexity index is 729. The highest BCUT2D eigenvalue weighted by Gasteiger charge is 2.15. The standard InChI is InChI=1S/C15H14N2O3S/c1-8-5-6-9(14(16)21)7-11(8)17-15(20)10-3-2-4-12(18)13(10)19/h2-7,18-19H,1H3,(H2,16,21)(H,17,20). The summed E-state index contributed by atoms with van der Waals surface area (Å²) in [6, 6.07) is 9.39. The number of aryl methyl sites for hydroxylation is 1. The zero-order valence-electron chi connectivity index (χ0n) is 11.3. The smallest absolute Gasteiger partial charge is 0.259 e. The molecule has 0 saturated carbocycles. The lowest BCUT2D eigenvalue weighted by Crippen LogP contribution is -2.15. The Kier molecular flexibility index (Phi) is 4.09. The number of phenolic OH excluding ortho intramolecular Hbond substituents is 2. The van der Waals surface area contributed by atoms with E-state index < -0.39 is 11.7 Å². The van der Waals surface area contributed by atoms with Gasteiger partial charge < -0.3 is 21.3 Å². The van der Waals surface area contributed by atoms with Crippen molar-refractivity contribution in [1.29, 1.82) is 0 Å². The van der Waals surface area contributed by atoms with Gasteiger partial charge in [0.1, 0.15) is 4.99 Å². The second-order valence-electron chi connectivity index (χ2n) is 4.52. The summed E-state index contributed by atoms with van der Waals surface area (Å²) in [6.45, 7) is 1.82. The molecule has 0 aliphatic heterocycles. The van der Waals surface area contributed by atoms with Crippen LogP contribution in [0, 0.1) is 6.92 Å². The summed E-state index contributed by atoms with van der Waals surface area (Å²) in [5.41, 5.74) is 7.53. The molecule has 0 aliphatic carbocycles. The molecule has 1 amide bonds. The molecule has 2 aromatic carbocycles. The number of nitrogens with two attached hydrogens (primary N) is 1. The summed E-state index contributed by atoms with van der Waals surface area (Å²) >= 11 is 4.90. The minimum Gasteiger partial charge on any atom is -0.504 e. The summed E-state index contributed by atoms with van der Waals surface area (Å²) in [5, 5.41) is 21.8. The molecule has 6 heteroatoms. The Morgan fingerprint density at radius 3 is 2.62 bits per heavy atom. The third-order valence-electron chi connectivity index (χ3n) is 3.03. The van der Waals surface area contributed by atoms with Crippen molar-refractivity contribution in [3.63, 3.8) is 0 Å². The van der Waals surface area contributed by atoms with Crippen molar-refractivity contribution < 1.29 is 15.0 Å². The van der Waals surface area contributed by atoms with Crippen LogP contribution >= 0.6 is 12.2 Å². The van der Waals surface area contributed by atoms with Crippen LogP contribution in [0.25, 0.3) is 0 Å². The van der Waals surface area contributed by atoms with Crippen molar-refractivity contribution in [2.24, 2.45) is 5.73 Å². The van der Waals surface area contributed by atoms with Gasteiger partial charge in [0.15, 0.2) is 11.5 Å². The van der Waals surface area contributed by atoms with E-state index in [4.69, 9.17) is 18.0 Å². The average Bonchev–Trinajstić information content (AvgIpc) is 2.43. The average molecular weight is 302 g/mol. The van der Waals surface area contributed by atoms with Gasteiger partial charge in [-0.15, -0.1) is 0 Å². The first-order valence-electron chi connectivity index (χ1n) is 6.13. The SMILES string of the molecule is Cc1ccc(C(N)=S)cc1NC(=O)c1cccc(O)c1O. The number of amides is 1. The lowest BCUT2D eigenvalue weighted by Gasteiger charge is -2.11. The number of hydrogen-bond donors (Lipinski definition) is 4. The van der Waals surface area contributed by atoms with E-state index >= 15 is 0 Å². The van der Waals surface area contributed by atoms with Gasteiger partial charge in [-0.3, -0.25) is 4.79 Å². The van der Waals surface area contributed by atoms with Crippen LogP contribution in [-0.4, -0.2) is 21.1 Å². The predicted octanol–water partition coefficient (Wildman–Crippen LogP) is 2.29. The van der Waals surface area contributed by atoms with Crippen molar-refractivity contribution in [2.75, 3.05) is 5.32 Å². The molecular formula is C15H14N2O3S. The van der Waals surface area contributed by atoms with Crippen molar-refractivity contribution in [2.45, 2.75) is 6.92 Å². The zero-order chi connectivity index (χ0) is 15.6. The molecule has 0 bridgehead atoms. The number of aromatic hydroxyl groups is 2. The van der Waals surface area contributed by atoms with Gasteiger partial charge in [-0.05, 0) is 30.7 Å². The van der Waals surface area contributed by atoms with E-state index in [1.165, 1.54) is 18.2 Å². The van der Waals surface area contributed by atoms with Crippen molar-refractivity contribution in [3.05, 3.63) is 53.1 Å². The molecule has 0 aromatic heterocycles. The fourth-order valence-corrected chi connectivity index (χ4v) is 1.94. The molecule has 0 spiro atoms. The summed E-state index contributed by atoms with van der Waals surface area (Å²) < 4.78 is 0. The number of hydrogen-bond acceptors (Lipinski definition) is 4. The van der Waals surface area contributed by atoms with Crippen LogP contribution in [-0.2, 0) is 0 Å². The normalized spacial score (nSPS) is 10.1. The number of nitrogens with one attached hydrogen (secondary N) is 1. The first kappa shape index (κ1) is 14.8. The highest BCUT2D eigenvalue weighted by atomic mass is 32.1. The molecule has 0 heterocycles. The fourth-order valence-electron chi connectivity index (χ4n) is 1.81. The molecule has 5 nitrogen and oxygen atoms in total. The highest BCUT2D eigenvalue weighted by Crippen LogP contribution is 2.29. The minimum absolute atomic E-state index is 0.0184. The number of benzene rings is 2. The van der Waals surface area contributed by atoms with E-state index in [1.54, 1.807) is 18.2 Å². The van der Waals surface area contributed by atoms with Crippen LogP contribution in [0.4, 0.5) is 5.69 Å². The van der Waals surface area contributed by atoms with Crippen LogP contribution in [0.15, 0.2) is 36.4 Å². The second-order valence-corrected chi connectivity index (χ2v) is 4.96. The number of carbonyl (C=O) groups is 1. The quantitative estimate of drug-likeness (QED) is 0.515. The predicted molar refractivity (Wildman–Crippen MR) is 84.8 cm³/mol. The fraction of sp³-hybridized carbons (Fsp3) is 0.0667. The van der Waals surface area contributed by atoms with Gasteiger partial charge in [0, 0.05) is 11.3 Å². The first-order chi connectivity index (χ1) is 9.90. The molecule has 0 saturated heterocycles. The molecule has 0 aliphatic rings. The molecule has 21 heavy (non-hydrogen) atoms. The maximum atomic E-state index is 12.2. The molecule has 108 valence electrons. The Morgan fingerprint density at radius 1 is 1.24 bits per heavy atom. The second kappa shape index (κ2) is 5.80. The van der Waals surface area contributed by atoms with E-state index in [9.17, 15) is 15.0 Å². The van der Waals surface area contributed by atoms with Crippen molar-refractivity contribution in [1.82, 2.24) is 0 Å². The molecule has 2 rings (SSSR count). The summed E-state index contributed by atoms with van der Waals surface area (Å²) in [7, 11) is 0. The van der Waals surface area contributed by atoms with Crippen molar-refractivity contribution in [3.8, 4) is 11.5 Å². The number of rotatable bonds is 3. The highest BCUT2D eigenvalue weighted by molar-refractivity contribution is 7.80. The van der Waals surface area contributed by atoms with E-state index in [0.717, 1.165) is 5.56 Å². The largest absolute Gasteiger partial charge is 0.504 e. The van der Waals surface area contributed by atoms with E-state index in [1.807, 2.05) is 6.92 Å². The third-order valence-corrected chi connectivity index (χ3v) is 3.27. The third kappa shape index (κ3) is 3.11. The molecule has 0 fully saturated rings. The Hall–Kier alpha value is -2.60. The Balaban J connectivity index is 2.33. The molecule has 5 N–H and O–H groups in total. The lowest BCUT2D eigenvalue weighted by atomic mass is 10.1. The maximum Gasteiger partial charge on any atom is 0.259 e. The Labute approximate surface area is 127 Å². The topological polar surface area (TPSA) is 95.6 Å². The van der Waals surface area contributed by atoms with Crippen molar-refractivity contribution >= 4 is 28.8 Å². The van der Waals surface area contributed by atoms with Crippen LogP contribution in [0.2, 0.25) is 0 Å². The van der Waals surface area contributed by atoms with Gasteiger partial charge in [0.05, 0.1) is 5.56 Å². The minimum atomic E-state index is -0.536. The van der Waals surface area contributed by atoms with Gasteiger partial charge >= 0.3 is 0 Å². The molecule has 0 radical (unpaired) electrons. The molecule has 0 atom stereocenters. The Morgan fingerprint density at radius 2 is 1.95 bits per heavy atom. The van der Waals surface area contributed by atoms with Crippen LogP contribution in [0.5, 0.6) is 11.5 Å². The number of thiocarbonyl (C=S) groups is 1. The lowest BCUT2D eigenvalue weighted by molar-refractivity contribution is 0.102. The van der Waals surface area contributed by atoms with Gasteiger partial charge in [-0.25, -0.2) is 0 Å². The molecular weight excluding hydrogens is 288 g/mol. The van der Waals surface area contributed by atoms with E-state index in [0.29, 0.717) is 11.3 Å². The summed E-state index contributed by atoms with van der Waals surface area (Å²) in [4.78, 5) is 12.4. The van der Waals surface area contributed by atoms with E-state index in [-0.39, 0.29) is 16.3 Å². The van der Waals surface area contributed by atoms with Crippen LogP contribution < -0.4 is 11.1 Å². The maximum absolute atomic E-state index is 12.2. The van der Waals surface area contributed by atoms with Gasteiger partial charge in [0.25, 0.3) is 5.91 Å². The number of phenols is 2. The van der Waals surface area contributed by atoms with E-state index in [2.05, 4.69) is 5.32 Å². The first-order valence-corrected chi connectivity index (χ1v) is 6.53. The molecule has 0 unspecified atom stereocenters. The monoisotopic (exact) mass is 302 g/mol. The number of para-hydroxylation sites is 1. The number of anilines is 1. The summed E-state index contributed by atoms with van der Waals surface area (Å²) in [5.74, 6) is -1.35. The summed E-state index contributed by atoms with van der Waals surface area (Å²) in [6.07, 6.45) is 0. The van der Waals surface area contributed by atoms with Gasteiger partial charge in [-0.2, -0.15) is 0 Å². The van der Waals surface area contributed by atoms with Crippen LogP contribution in [0.1, 0.15) is 21.5 Å². The van der Waals surface area contributed by atoms with Gasteiger partial charge in [-0.1, -0.05) is 30.4 Å². The molecule has 2 aromatic rings.